The van der Waals surface area contributed by atoms with E-state index in [1.807, 2.05) is 44.3 Å². The normalized spacial score (nSPS) is 15.2. The lowest BCUT2D eigenvalue weighted by molar-refractivity contribution is -0.130. The minimum Gasteiger partial charge on any atom is -0.346 e. The summed E-state index contributed by atoms with van der Waals surface area (Å²) in [5.41, 5.74) is 1.74. The summed E-state index contributed by atoms with van der Waals surface area (Å²) in [5, 5.41) is 4.10. The number of hydrogen-bond acceptors (Lipinski definition) is 5. The van der Waals surface area contributed by atoms with Gasteiger partial charge in [0.05, 0.1) is 29.4 Å². The topological polar surface area (TPSA) is 111 Å². The number of para-hydroxylation sites is 1. The van der Waals surface area contributed by atoms with Gasteiger partial charge in [-0.2, -0.15) is 0 Å². The Hall–Kier alpha value is -3.26. The first-order valence-electron chi connectivity index (χ1n) is 12.1. The van der Waals surface area contributed by atoms with Crippen molar-refractivity contribution >= 4 is 22.6 Å². The van der Waals surface area contributed by atoms with Crippen LogP contribution in [0.2, 0.25) is 0 Å². The summed E-state index contributed by atoms with van der Waals surface area (Å²) in [6.07, 6.45) is 6.22. The number of likely N-dealkylation sites (tertiary alicyclic amines) is 1. The van der Waals surface area contributed by atoms with Crippen LogP contribution in [0.15, 0.2) is 41.3 Å². The van der Waals surface area contributed by atoms with E-state index in [9.17, 15) is 14.4 Å². The quantitative estimate of drug-likeness (QED) is 0.377. The molecule has 0 spiro atoms. The number of H-pyrrole nitrogens is 2. The second kappa shape index (κ2) is 10.8. The van der Waals surface area contributed by atoms with E-state index in [4.69, 9.17) is 0 Å². The van der Waals surface area contributed by atoms with Gasteiger partial charge in [-0.25, -0.2) is 4.98 Å². The van der Waals surface area contributed by atoms with Crippen molar-refractivity contribution in [3.05, 3.63) is 52.7 Å². The third-order valence-corrected chi connectivity index (χ3v) is 6.56. The molecule has 1 atom stereocenters. The van der Waals surface area contributed by atoms with Crippen LogP contribution < -0.4 is 10.9 Å². The maximum absolute atomic E-state index is 12.8. The number of hydrogen-bond donors (Lipinski definition) is 3. The van der Waals surface area contributed by atoms with E-state index in [-0.39, 0.29) is 29.2 Å². The zero-order chi connectivity index (χ0) is 24.1. The van der Waals surface area contributed by atoms with Crippen molar-refractivity contribution in [1.82, 2.24) is 25.2 Å². The Kier molecular flexibility index (Phi) is 7.57. The Morgan fingerprint density at radius 3 is 2.74 bits per heavy atom. The molecule has 4 rings (SSSR count). The van der Waals surface area contributed by atoms with Crippen molar-refractivity contribution in [3.63, 3.8) is 0 Å². The fourth-order valence-corrected chi connectivity index (χ4v) is 4.45. The van der Waals surface area contributed by atoms with E-state index < -0.39 is 0 Å². The summed E-state index contributed by atoms with van der Waals surface area (Å²) in [7, 11) is 2.00. The van der Waals surface area contributed by atoms with Gasteiger partial charge >= 0.3 is 0 Å². The Morgan fingerprint density at radius 2 is 1.97 bits per heavy atom. The number of unbranched alkanes of at least 4 members (excludes halogenated alkanes) is 2. The maximum atomic E-state index is 12.8. The molecule has 2 aromatic heterocycles. The lowest BCUT2D eigenvalue weighted by Gasteiger charge is -2.35. The molecule has 0 saturated carbocycles. The molecule has 0 unspecified atom stereocenters. The van der Waals surface area contributed by atoms with Gasteiger partial charge in [0.2, 0.25) is 5.91 Å². The molecule has 0 bridgehead atoms. The van der Waals surface area contributed by atoms with E-state index in [0.717, 1.165) is 49.7 Å². The third kappa shape index (κ3) is 5.62. The van der Waals surface area contributed by atoms with E-state index in [2.05, 4.69) is 25.2 Å². The zero-order valence-electron chi connectivity index (χ0n) is 19.9. The summed E-state index contributed by atoms with van der Waals surface area (Å²) in [4.78, 5) is 49.9. The van der Waals surface area contributed by atoms with Crippen LogP contribution in [0.3, 0.4) is 0 Å². The molecule has 1 aliphatic heterocycles. The SMILES string of the molecule is CCC(=O)CCCCC[C@H](NC(=O)C1CN(C)C1)c1ncc(-c2cc3ccccc3[nH]c2=O)[nH]1. The fraction of sp³-hybridized carbons (Fsp3) is 0.462. The highest BCUT2D eigenvalue weighted by Gasteiger charge is 2.31. The second-order valence-corrected chi connectivity index (χ2v) is 9.25. The van der Waals surface area contributed by atoms with Crippen LogP contribution in [0.25, 0.3) is 22.2 Å². The highest BCUT2D eigenvalue weighted by atomic mass is 16.2. The summed E-state index contributed by atoms with van der Waals surface area (Å²) in [6, 6.07) is 9.23. The molecular formula is C26H33N5O3. The van der Waals surface area contributed by atoms with E-state index in [1.165, 1.54) is 0 Å². The minimum atomic E-state index is -0.270. The van der Waals surface area contributed by atoms with Crippen molar-refractivity contribution in [3.8, 4) is 11.3 Å². The van der Waals surface area contributed by atoms with Crippen LogP contribution in [0.5, 0.6) is 0 Å². The Labute approximate surface area is 199 Å². The number of carbonyl (C=O) groups excluding carboxylic acids is 2. The Balaban J connectivity index is 1.49. The van der Waals surface area contributed by atoms with Crippen LogP contribution in [-0.4, -0.2) is 51.7 Å². The molecule has 180 valence electrons. The smallest absolute Gasteiger partial charge is 0.257 e. The van der Waals surface area contributed by atoms with Crippen LogP contribution in [-0.2, 0) is 9.59 Å². The zero-order valence-corrected chi connectivity index (χ0v) is 19.9. The number of fused-ring (bicyclic) bond motifs is 1. The van der Waals surface area contributed by atoms with Gasteiger partial charge in [0.25, 0.3) is 5.56 Å². The molecule has 0 aliphatic carbocycles. The first kappa shape index (κ1) is 23.9. The standard InChI is InChI=1S/C26H33N5O3/c1-3-19(32)10-5-4-6-12-22(30-25(33)18-15-31(2)16-18)24-27-14-23(28-24)20-13-17-9-7-8-11-21(17)29-26(20)34/h7-9,11,13-14,18,22H,3-6,10,12,15-16H2,1-2H3,(H,27,28)(H,29,34)(H,30,33)/t22-/m0/s1. The van der Waals surface area contributed by atoms with Crippen molar-refractivity contribution in [2.75, 3.05) is 20.1 Å². The van der Waals surface area contributed by atoms with Gasteiger partial charge < -0.3 is 20.2 Å². The summed E-state index contributed by atoms with van der Waals surface area (Å²) < 4.78 is 0. The molecule has 1 fully saturated rings. The first-order valence-corrected chi connectivity index (χ1v) is 12.1. The van der Waals surface area contributed by atoms with Crippen molar-refractivity contribution < 1.29 is 9.59 Å². The maximum Gasteiger partial charge on any atom is 0.257 e. The molecule has 1 saturated heterocycles. The van der Waals surface area contributed by atoms with Gasteiger partial charge in [0.1, 0.15) is 11.6 Å². The van der Waals surface area contributed by atoms with Crippen molar-refractivity contribution in [2.45, 2.75) is 51.5 Å². The molecule has 3 N–H and O–H groups in total. The lowest BCUT2D eigenvalue weighted by Crippen LogP contribution is -2.52. The van der Waals surface area contributed by atoms with Gasteiger partial charge in [-0.3, -0.25) is 14.4 Å². The van der Waals surface area contributed by atoms with Crippen LogP contribution in [0.1, 0.15) is 57.3 Å². The molecule has 1 amide bonds. The molecule has 3 aromatic rings. The van der Waals surface area contributed by atoms with Gasteiger partial charge in [0, 0.05) is 31.4 Å². The van der Waals surface area contributed by atoms with Gasteiger partial charge in [-0.05, 0) is 37.4 Å². The predicted octanol–water partition coefficient (Wildman–Crippen LogP) is 3.57. The number of Topliss-reactive ketones (excluding diaryl/α,β-unsaturated/α-hetero) is 1. The summed E-state index contributed by atoms with van der Waals surface area (Å²) in [6.45, 7) is 3.40. The molecule has 3 heterocycles. The Morgan fingerprint density at radius 1 is 1.18 bits per heavy atom. The highest BCUT2D eigenvalue weighted by Crippen LogP contribution is 2.24. The molecule has 8 heteroatoms. The number of aromatic nitrogens is 3. The summed E-state index contributed by atoms with van der Waals surface area (Å²) >= 11 is 0. The molecule has 8 nitrogen and oxygen atoms in total. The number of carbonyl (C=O) groups is 2. The third-order valence-electron chi connectivity index (χ3n) is 6.56. The monoisotopic (exact) mass is 463 g/mol. The van der Waals surface area contributed by atoms with Crippen molar-refractivity contribution in [2.24, 2.45) is 5.92 Å². The Bertz CT molecular complexity index is 1210. The largest absolute Gasteiger partial charge is 0.346 e. The number of imidazole rings is 1. The van der Waals surface area contributed by atoms with Gasteiger partial charge in [-0.1, -0.05) is 38.0 Å². The molecule has 1 aromatic carbocycles. The lowest BCUT2D eigenvalue weighted by atomic mass is 9.98. The number of aromatic amines is 2. The minimum absolute atomic E-state index is 0.00700. The number of pyridine rings is 1. The second-order valence-electron chi connectivity index (χ2n) is 9.25. The summed E-state index contributed by atoms with van der Waals surface area (Å²) in [5.74, 6) is 0.960. The predicted molar refractivity (Wildman–Crippen MR) is 132 cm³/mol. The van der Waals surface area contributed by atoms with E-state index in [1.54, 1.807) is 6.20 Å². The number of nitrogens with one attached hydrogen (secondary N) is 3. The number of ketones is 1. The molecule has 34 heavy (non-hydrogen) atoms. The van der Waals surface area contributed by atoms with Crippen LogP contribution in [0.4, 0.5) is 0 Å². The van der Waals surface area contributed by atoms with E-state index >= 15 is 0 Å². The van der Waals surface area contributed by atoms with Crippen LogP contribution in [0, 0.1) is 5.92 Å². The fourth-order valence-electron chi connectivity index (χ4n) is 4.45. The molecule has 1 aliphatic rings. The first-order chi connectivity index (χ1) is 16.4. The number of benzene rings is 1. The van der Waals surface area contributed by atoms with Crippen molar-refractivity contribution in [1.29, 1.82) is 0 Å². The number of rotatable bonds is 11. The average Bonchev–Trinajstić information content (AvgIpc) is 3.30. The van der Waals surface area contributed by atoms with Gasteiger partial charge in [-0.15, -0.1) is 0 Å². The van der Waals surface area contributed by atoms with E-state index in [0.29, 0.717) is 29.9 Å². The number of amides is 1. The highest BCUT2D eigenvalue weighted by molar-refractivity contribution is 5.83. The number of nitrogens with zero attached hydrogens (tertiary/aromatic N) is 2. The molecular weight excluding hydrogens is 430 g/mol. The van der Waals surface area contributed by atoms with Gasteiger partial charge in [0.15, 0.2) is 0 Å². The molecule has 0 radical (unpaired) electrons. The average molecular weight is 464 g/mol. The van der Waals surface area contributed by atoms with Crippen LogP contribution >= 0.6 is 0 Å².